The fraction of sp³-hybridized carbons (Fsp3) is 0.960. The molecule has 0 aliphatic heterocycles. The van der Waals surface area contributed by atoms with Crippen LogP contribution in [0.4, 0.5) is 0 Å². The van der Waals surface area contributed by atoms with E-state index in [4.69, 9.17) is 16.3 Å². The normalized spacial score (nSPS) is 13.5. The molecular formula is C25H52NO3PS. The van der Waals surface area contributed by atoms with Gasteiger partial charge in [-0.1, -0.05) is 111 Å². The fourth-order valence-electron chi connectivity index (χ4n) is 3.54. The average Bonchev–Trinajstić information content (AvgIpc) is 2.73. The predicted molar refractivity (Wildman–Crippen MR) is 139 cm³/mol. The highest BCUT2D eigenvalue weighted by atomic mass is 32.5. The molecule has 6 heteroatoms. The highest BCUT2D eigenvalue weighted by Gasteiger charge is 2.18. The standard InChI is InChI=1S/C25H52NO3PS/c1-4-5-6-7-8-9-10-11-12-13-14-15-16-19-22-26-25(27)21-18-17-20-23-29-30(28,31)24(2)3/h24H,4-23H2,1-3H3,(H,26,27)(H,28,31). The van der Waals surface area contributed by atoms with E-state index in [2.05, 4.69) is 12.2 Å². The quantitative estimate of drug-likeness (QED) is 0.116. The summed E-state index contributed by atoms with van der Waals surface area (Å²) in [4.78, 5) is 21.8. The summed E-state index contributed by atoms with van der Waals surface area (Å²) in [6, 6.07) is 0. The van der Waals surface area contributed by atoms with Crippen molar-refractivity contribution in [3.63, 3.8) is 0 Å². The van der Waals surface area contributed by atoms with E-state index in [-0.39, 0.29) is 11.6 Å². The summed E-state index contributed by atoms with van der Waals surface area (Å²) in [5.41, 5.74) is 0.00295. The van der Waals surface area contributed by atoms with Crippen LogP contribution in [-0.4, -0.2) is 29.6 Å². The van der Waals surface area contributed by atoms with Crippen molar-refractivity contribution in [3.8, 4) is 0 Å². The van der Waals surface area contributed by atoms with Crippen LogP contribution >= 0.6 is 6.49 Å². The first-order chi connectivity index (χ1) is 14.9. The number of nitrogens with one attached hydrogen (secondary N) is 1. The van der Waals surface area contributed by atoms with Crippen molar-refractivity contribution in [2.75, 3.05) is 13.2 Å². The molecule has 0 spiro atoms. The summed E-state index contributed by atoms with van der Waals surface area (Å²) in [6.07, 6.45) is 22.2. The Morgan fingerprint density at radius 2 is 1.26 bits per heavy atom. The van der Waals surface area contributed by atoms with Crippen molar-refractivity contribution in [1.82, 2.24) is 5.32 Å². The van der Waals surface area contributed by atoms with Crippen molar-refractivity contribution in [3.05, 3.63) is 0 Å². The number of hydrogen-bond donors (Lipinski definition) is 2. The Hall–Kier alpha value is 0.0400. The van der Waals surface area contributed by atoms with Gasteiger partial charge in [-0.2, -0.15) is 0 Å². The zero-order valence-electron chi connectivity index (χ0n) is 20.8. The lowest BCUT2D eigenvalue weighted by Gasteiger charge is -2.19. The minimum absolute atomic E-state index is 0.00295. The molecule has 0 fully saturated rings. The van der Waals surface area contributed by atoms with Gasteiger partial charge in [0.2, 0.25) is 5.91 Å². The highest BCUT2D eigenvalue weighted by Crippen LogP contribution is 2.47. The number of amides is 1. The largest absolute Gasteiger partial charge is 0.356 e. The van der Waals surface area contributed by atoms with Crippen molar-refractivity contribution in [1.29, 1.82) is 0 Å². The molecule has 0 aromatic carbocycles. The van der Waals surface area contributed by atoms with Crippen LogP contribution in [0.15, 0.2) is 0 Å². The molecule has 0 heterocycles. The second-order valence-corrected chi connectivity index (χ2v) is 13.2. The molecule has 0 aromatic heterocycles. The number of carbonyl (C=O) groups is 1. The average molecular weight is 478 g/mol. The first-order valence-electron chi connectivity index (χ1n) is 13.1. The second-order valence-electron chi connectivity index (χ2n) is 9.25. The maximum Gasteiger partial charge on any atom is 0.219 e. The van der Waals surface area contributed by atoms with Crippen molar-refractivity contribution in [2.24, 2.45) is 0 Å². The van der Waals surface area contributed by atoms with E-state index in [0.29, 0.717) is 13.0 Å². The van der Waals surface area contributed by atoms with Crippen LogP contribution in [0.3, 0.4) is 0 Å². The Balaban J connectivity index is 3.27. The molecule has 31 heavy (non-hydrogen) atoms. The molecule has 0 aromatic rings. The van der Waals surface area contributed by atoms with Gasteiger partial charge in [-0.05, 0) is 31.1 Å². The molecule has 1 atom stereocenters. The molecule has 2 N–H and O–H groups in total. The molecule has 1 amide bonds. The summed E-state index contributed by atoms with van der Waals surface area (Å²) >= 11 is 5.10. The lowest BCUT2D eigenvalue weighted by Crippen LogP contribution is -2.23. The van der Waals surface area contributed by atoms with Gasteiger partial charge in [0, 0.05) is 18.6 Å². The SMILES string of the molecule is CCCCCCCCCCCCCCCCNC(=O)CCCCCOP(O)(=S)C(C)C. The fourth-order valence-corrected chi connectivity index (χ4v) is 4.46. The Morgan fingerprint density at radius 3 is 1.74 bits per heavy atom. The number of hydrogen-bond acceptors (Lipinski definition) is 3. The van der Waals surface area contributed by atoms with Crippen LogP contribution in [0.25, 0.3) is 0 Å². The third-order valence-electron chi connectivity index (χ3n) is 5.83. The van der Waals surface area contributed by atoms with Gasteiger partial charge in [0.1, 0.15) is 0 Å². The van der Waals surface area contributed by atoms with Crippen LogP contribution < -0.4 is 5.32 Å². The molecule has 0 saturated carbocycles. The molecule has 4 nitrogen and oxygen atoms in total. The van der Waals surface area contributed by atoms with E-state index in [0.717, 1.165) is 32.2 Å². The lowest BCUT2D eigenvalue weighted by atomic mass is 10.0. The monoisotopic (exact) mass is 477 g/mol. The zero-order chi connectivity index (χ0) is 23.2. The van der Waals surface area contributed by atoms with Crippen molar-refractivity contribution < 1.29 is 14.2 Å². The lowest BCUT2D eigenvalue weighted by molar-refractivity contribution is -0.121. The smallest absolute Gasteiger partial charge is 0.219 e. The summed E-state index contributed by atoms with van der Waals surface area (Å²) < 4.78 is 5.44. The van der Waals surface area contributed by atoms with Crippen LogP contribution in [0.5, 0.6) is 0 Å². The topological polar surface area (TPSA) is 58.6 Å². The van der Waals surface area contributed by atoms with Gasteiger partial charge < -0.3 is 14.7 Å². The van der Waals surface area contributed by atoms with Gasteiger partial charge >= 0.3 is 0 Å². The Labute approximate surface area is 198 Å². The molecule has 0 rings (SSSR count). The molecular weight excluding hydrogens is 425 g/mol. The van der Waals surface area contributed by atoms with E-state index in [1.807, 2.05) is 13.8 Å². The first-order valence-corrected chi connectivity index (χ1v) is 15.9. The van der Waals surface area contributed by atoms with Gasteiger partial charge in [-0.15, -0.1) is 0 Å². The van der Waals surface area contributed by atoms with E-state index in [1.165, 1.54) is 83.5 Å². The molecule has 0 aliphatic carbocycles. The predicted octanol–water partition coefficient (Wildman–Crippen LogP) is 7.87. The maximum atomic E-state index is 11.9. The minimum Gasteiger partial charge on any atom is -0.356 e. The first kappa shape index (κ1) is 31.0. The number of unbranched alkanes of at least 4 members (excludes halogenated alkanes) is 15. The van der Waals surface area contributed by atoms with E-state index in [1.54, 1.807) is 0 Å². The summed E-state index contributed by atoms with van der Waals surface area (Å²) in [5, 5.41) is 3.03. The second kappa shape index (κ2) is 21.9. The van der Waals surface area contributed by atoms with E-state index >= 15 is 0 Å². The third kappa shape index (κ3) is 21.6. The van der Waals surface area contributed by atoms with Gasteiger partial charge in [-0.25, -0.2) is 0 Å². The maximum absolute atomic E-state index is 11.9. The molecule has 0 radical (unpaired) electrons. The van der Waals surface area contributed by atoms with Gasteiger partial charge in [0.25, 0.3) is 0 Å². The molecule has 0 saturated heterocycles. The van der Waals surface area contributed by atoms with E-state index < -0.39 is 6.49 Å². The molecule has 0 bridgehead atoms. The minimum atomic E-state index is -2.62. The van der Waals surface area contributed by atoms with Gasteiger partial charge in [0.15, 0.2) is 6.49 Å². The third-order valence-corrected chi connectivity index (χ3v) is 9.27. The summed E-state index contributed by atoms with van der Waals surface area (Å²) in [5.74, 6) is 0.157. The Morgan fingerprint density at radius 1 is 0.806 bits per heavy atom. The number of carbonyl (C=O) groups excluding carboxylic acids is 1. The van der Waals surface area contributed by atoms with Crippen LogP contribution in [-0.2, 0) is 21.1 Å². The van der Waals surface area contributed by atoms with Gasteiger partial charge in [0.05, 0.1) is 6.61 Å². The van der Waals surface area contributed by atoms with E-state index in [9.17, 15) is 9.69 Å². The zero-order valence-corrected chi connectivity index (χ0v) is 22.5. The molecule has 1 unspecified atom stereocenters. The number of rotatable bonds is 23. The van der Waals surface area contributed by atoms with Crippen LogP contribution in [0, 0.1) is 0 Å². The Bertz CT molecular complexity index is 460. The molecule has 0 aliphatic rings. The van der Waals surface area contributed by atoms with Crippen molar-refractivity contribution >= 4 is 24.2 Å². The summed E-state index contributed by atoms with van der Waals surface area (Å²) in [7, 11) is 0. The van der Waals surface area contributed by atoms with Crippen LogP contribution in [0.1, 0.15) is 136 Å². The van der Waals surface area contributed by atoms with Crippen LogP contribution in [0.2, 0.25) is 0 Å². The van der Waals surface area contributed by atoms with Gasteiger partial charge in [-0.3, -0.25) is 4.79 Å². The summed E-state index contributed by atoms with van der Waals surface area (Å²) in [6.45, 7) is 4.74. The Kier molecular flexibility index (Phi) is 21.9. The van der Waals surface area contributed by atoms with Crippen molar-refractivity contribution in [2.45, 2.75) is 142 Å². The molecule has 186 valence electrons. The highest BCUT2D eigenvalue weighted by molar-refractivity contribution is 8.09.